The maximum Gasteiger partial charge on any atom is 0.250 e. The topological polar surface area (TPSA) is 67.4 Å². The number of sulfonamides is 1. The Labute approximate surface area is 113 Å². The molecule has 0 fully saturated rings. The molecule has 0 aliphatic heterocycles. The molecule has 0 bridgehead atoms. The number of ether oxygens (including phenoxy) is 1. The Balaban J connectivity index is 2.88. The smallest absolute Gasteiger partial charge is 0.250 e. The highest BCUT2D eigenvalue weighted by Gasteiger charge is 2.20. The zero-order chi connectivity index (χ0) is 13.8. The number of hydrogen-bond donors (Lipinski definition) is 2. The molecule has 0 saturated heterocycles. The van der Waals surface area contributed by atoms with E-state index >= 15 is 0 Å². The van der Waals surface area contributed by atoms with Crippen molar-refractivity contribution < 1.29 is 13.2 Å². The molecule has 0 amide bonds. The van der Waals surface area contributed by atoms with Gasteiger partial charge >= 0.3 is 0 Å². The third-order valence-corrected chi connectivity index (χ3v) is 5.67. The summed E-state index contributed by atoms with van der Waals surface area (Å²) in [5.74, 6) is 0. The molecule has 18 heavy (non-hydrogen) atoms. The lowest BCUT2D eigenvalue weighted by Gasteiger charge is -2.11. The van der Waals surface area contributed by atoms with Gasteiger partial charge < -0.3 is 10.1 Å². The highest BCUT2D eigenvalue weighted by Crippen LogP contribution is 2.25. The Morgan fingerprint density at radius 3 is 2.72 bits per heavy atom. The van der Waals surface area contributed by atoms with Crippen LogP contribution in [0.1, 0.15) is 17.4 Å². The maximum atomic E-state index is 12.1. The Kier molecular flexibility index (Phi) is 5.74. The predicted octanol–water partition coefficient (Wildman–Crippen LogP) is 1.09. The fourth-order valence-electron chi connectivity index (χ4n) is 1.56. The Hall–Kier alpha value is -0.470. The average Bonchev–Trinajstić information content (AvgIpc) is 2.61. The second-order valence-corrected chi connectivity index (χ2v) is 7.26. The molecule has 0 aliphatic carbocycles. The van der Waals surface area contributed by atoms with Crippen LogP contribution in [0, 0.1) is 6.92 Å². The second kappa shape index (κ2) is 6.63. The van der Waals surface area contributed by atoms with E-state index in [9.17, 15) is 8.42 Å². The predicted molar refractivity (Wildman–Crippen MR) is 73.5 cm³/mol. The van der Waals surface area contributed by atoms with Crippen LogP contribution < -0.4 is 10.0 Å². The van der Waals surface area contributed by atoms with Gasteiger partial charge in [-0.25, -0.2) is 13.1 Å². The van der Waals surface area contributed by atoms with E-state index in [1.807, 2.05) is 14.0 Å². The van der Waals surface area contributed by atoms with E-state index in [1.54, 1.807) is 20.1 Å². The van der Waals surface area contributed by atoms with Gasteiger partial charge in [0.1, 0.15) is 4.21 Å². The van der Waals surface area contributed by atoms with Crippen LogP contribution in [0.4, 0.5) is 0 Å². The van der Waals surface area contributed by atoms with Crippen LogP contribution in [-0.4, -0.2) is 35.2 Å². The molecule has 1 heterocycles. The van der Waals surface area contributed by atoms with Crippen molar-refractivity contribution in [2.24, 2.45) is 0 Å². The molecule has 0 saturated carbocycles. The van der Waals surface area contributed by atoms with E-state index in [1.165, 1.54) is 11.3 Å². The largest absolute Gasteiger partial charge is 0.383 e. The molecular formula is C11H20N2O3S2. The standard InChI is InChI=1S/C11H20N2O3S2/c1-8-5-11(17-10(8)6-12-3)18(14,15)13-9(2)7-16-4/h5,9,12-13H,6-7H2,1-4H3. The molecule has 1 aromatic rings. The molecule has 1 unspecified atom stereocenters. The van der Waals surface area contributed by atoms with Crippen LogP contribution in [-0.2, 0) is 21.3 Å². The lowest BCUT2D eigenvalue weighted by atomic mass is 10.3. The van der Waals surface area contributed by atoms with E-state index in [0.29, 0.717) is 17.4 Å². The van der Waals surface area contributed by atoms with Gasteiger partial charge in [-0.1, -0.05) is 0 Å². The number of rotatable bonds is 7. The van der Waals surface area contributed by atoms with Crippen molar-refractivity contribution in [2.75, 3.05) is 20.8 Å². The first-order chi connectivity index (χ1) is 8.40. The summed E-state index contributed by atoms with van der Waals surface area (Å²) in [5, 5.41) is 3.03. The monoisotopic (exact) mass is 292 g/mol. The van der Waals surface area contributed by atoms with Crippen LogP contribution in [0.25, 0.3) is 0 Å². The van der Waals surface area contributed by atoms with Crippen LogP contribution in [0.15, 0.2) is 10.3 Å². The van der Waals surface area contributed by atoms with E-state index in [4.69, 9.17) is 4.74 Å². The summed E-state index contributed by atoms with van der Waals surface area (Å²) < 4.78 is 32.1. The number of nitrogens with one attached hydrogen (secondary N) is 2. The molecule has 0 aliphatic rings. The van der Waals surface area contributed by atoms with E-state index < -0.39 is 10.0 Å². The lowest BCUT2D eigenvalue weighted by Crippen LogP contribution is -2.35. The van der Waals surface area contributed by atoms with Crippen molar-refractivity contribution in [2.45, 2.75) is 30.6 Å². The summed E-state index contributed by atoms with van der Waals surface area (Å²) in [6, 6.07) is 1.47. The van der Waals surface area contributed by atoms with E-state index in [2.05, 4.69) is 10.0 Å². The summed E-state index contributed by atoms with van der Waals surface area (Å²) in [6.07, 6.45) is 0. The van der Waals surface area contributed by atoms with Crippen LogP contribution in [0.2, 0.25) is 0 Å². The molecule has 104 valence electrons. The van der Waals surface area contributed by atoms with Gasteiger partial charge in [0, 0.05) is 24.6 Å². The summed E-state index contributed by atoms with van der Waals surface area (Å²) in [5.41, 5.74) is 0.995. The maximum absolute atomic E-state index is 12.1. The minimum Gasteiger partial charge on any atom is -0.383 e. The SMILES string of the molecule is CNCc1sc(S(=O)(=O)NC(C)COC)cc1C. The van der Waals surface area contributed by atoms with E-state index in [-0.39, 0.29) is 6.04 Å². The zero-order valence-electron chi connectivity index (χ0n) is 11.1. The number of hydrogen-bond acceptors (Lipinski definition) is 5. The molecular weight excluding hydrogens is 272 g/mol. The minimum atomic E-state index is -3.44. The first-order valence-electron chi connectivity index (χ1n) is 5.66. The van der Waals surface area contributed by atoms with Gasteiger partial charge in [-0.05, 0) is 32.5 Å². The van der Waals surface area contributed by atoms with Crippen LogP contribution in [0.5, 0.6) is 0 Å². The highest BCUT2D eigenvalue weighted by atomic mass is 32.2. The zero-order valence-corrected chi connectivity index (χ0v) is 12.7. The Morgan fingerprint density at radius 1 is 1.50 bits per heavy atom. The van der Waals surface area contributed by atoms with Crippen molar-refractivity contribution >= 4 is 21.4 Å². The summed E-state index contributed by atoms with van der Waals surface area (Å²) in [6.45, 7) is 4.73. The molecule has 0 radical (unpaired) electrons. The normalized spacial score (nSPS) is 13.8. The van der Waals surface area contributed by atoms with Crippen LogP contribution >= 0.6 is 11.3 Å². The molecule has 1 rings (SSSR count). The van der Waals surface area contributed by atoms with Crippen molar-refractivity contribution in [3.63, 3.8) is 0 Å². The number of aryl methyl sites for hydroxylation is 1. The van der Waals surface area contributed by atoms with Gasteiger partial charge in [0.2, 0.25) is 10.0 Å². The quantitative estimate of drug-likeness (QED) is 0.789. The Morgan fingerprint density at radius 2 is 2.17 bits per heavy atom. The average molecular weight is 292 g/mol. The van der Waals surface area contributed by atoms with Gasteiger partial charge in [0.15, 0.2) is 0 Å². The summed E-state index contributed by atoms with van der Waals surface area (Å²) >= 11 is 1.30. The fourth-order valence-corrected chi connectivity index (χ4v) is 4.41. The second-order valence-electron chi connectivity index (χ2n) is 4.18. The Bertz CT molecular complexity index is 482. The molecule has 1 atom stereocenters. The van der Waals surface area contributed by atoms with Crippen molar-refractivity contribution in [3.8, 4) is 0 Å². The van der Waals surface area contributed by atoms with Gasteiger partial charge in [0.25, 0.3) is 0 Å². The third kappa shape index (κ3) is 4.03. The van der Waals surface area contributed by atoms with Gasteiger partial charge in [0.05, 0.1) is 6.61 Å². The molecule has 1 aromatic heterocycles. The van der Waals surface area contributed by atoms with Gasteiger partial charge in [-0.3, -0.25) is 0 Å². The van der Waals surface area contributed by atoms with Gasteiger partial charge in [-0.2, -0.15) is 0 Å². The van der Waals surface area contributed by atoms with E-state index in [0.717, 1.165) is 10.4 Å². The lowest BCUT2D eigenvalue weighted by molar-refractivity contribution is 0.180. The molecule has 7 heteroatoms. The fraction of sp³-hybridized carbons (Fsp3) is 0.636. The van der Waals surface area contributed by atoms with Crippen LogP contribution in [0.3, 0.4) is 0 Å². The third-order valence-electron chi connectivity index (χ3n) is 2.37. The number of methoxy groups -OCH3 is 1. The summed E-state index contributed by atoms with van der Waals surface area (Å²) in [4.78, 5) is 1.04. The first-order valence-corrected chi connectivity index (χ1v) is 7.96. The summed E-state index contributed by atoms with van der Waals surface area (Å²) in [7, 11) is -0.0547. The first kappa shape index (κ1) is 15.6. The minimum absolute atomic E-state index is 0.241. The number of thiophene rings is 1. The van der Waals surface area contributed by atoms with Crippen molar-refractivity contribution in [1.29, 1.82) is 0 Å². The highest BCUT2D eigenvalue weighted by molar-refractivity contribution is 7.91. The molecule has 0 spiro atoms. The molecule has 0 aromatic carbocycles. The van der Waals surface area contributed by atoms with Crippen molar-refractivity contribution in [1.82, 2.24) is 10.0 Å². The molecule has 2 N–H and O–H groups in total. The van der Waals surface area contributed by atoms with Crippen molar-refractivity contribution in [3.05, 3.63) is 16.5 Å². The van der Waals surface area contributed by atoms with Gasteiger partial charge in [-0.15, -0.1) is 11.3 Å². The molecule has 5 nitrogen and oxygen atoms in total.